The van der Waals surface area contributed by atoms with Gasteiger partial charge in [-0.2, -0.15) is 0 Å². The summed E-state index contributed by atoms with van der Waals surface area (Å²) in [5.74, 6) is 0. The smallest absolute Gasteiger partial charge is 0.192 e. The molecular formula is C10H22O2Si. The van der Waals surface area contributed by atoms with Crippen LogP contribution in [0.15, 0.2) is 0 Å². The lowest BCUT2D eigenvalue weighted by Crippen LogP contribution is -2.44. The molecule has 0 spiro atoms. The second kappa shape index (κ2) is 3.37. The summed E-state index contributed by atoms with van der Waals surface area (Å²) in [6.07, 6.45) is 0.648. The Kier molecular flexibility index (Phi) is 2.91. The van der Waals surface area contributed by atoms with Gasteiger partial charge < -0.3 is 9.16 Å². The summed E-state index contributed by atoms with van der Waals surface area (Å²) < 4.78 is 11.4. The first-order valence-electron chi connectivity index (χ1n) is 5.03. The van der Waals surface area contributed by atoms with E-state index in [4.69, 9.17) is 9.16 Å². The molecule has 0 aromatic heterocycles. The summed E-state index contributed by atoms with van der Waals surface area (Å²) in [4.78, 5) is 0. The van der Waals surface area contributed by atoms with Gasteiger partial charge in [-0.15, -0.1) is 0 Å². The van der Waals surface area contributed by atoms with Crippen LogP contribution in [0.4, 0.5) is 0 Å². The maximum absolute atomic E-state index is 6.14. The lowest BCUT2D eigenvalue weighted by molar-refractivity contribution is 0.159. The number of rotatable bonds is 3. The summed E-state index contributed by atoms with van der Waals surface area (Å²) in [5.41, 5.74) is 0. The van der Waals surface area contributed by atoms with Gasteiger partial charge in [0.05, 0.1) is 12.7 Å². The quantitative estimate of drug-likeness (QED) is 0.518. The van der Waals surface area contributed by atoms with Gasteiger partial charge in [0, 0.05) is 0 Å². The molecular weight excluding hydrogens is 180 g/mol. The Labute approximate surface area is 82.7 Å². The lowest BCUT2D eigenvalue weighted by Gasteiger charge is -2.38. The minimum absolute atomic E-state index is 0.279. The highest BCUT2D eigenvalue weighted by Gasteiger charge is 2.41. The molecule has 1 unspecified atom stereocenters. The van der Waals surface area contributed by atoms with E-state index in [9.17, 15) is 0 Å². The molecule has 1 aliphatic rings. The van der Waals surface area contributed by atoms with Crippen molar-refractivity contribution < 1.29 is 9.16 Å². The molecule has 13 heavy (non-hydrogen) atoms. The molecule has 1 aliphatic heterocycles. The van der Waals surface area contributed by atoms with Crippen LogP contribution in [0.5, 0.6) is 0 Å². The van der Waals surface area contributed by atoms with Gasteiger partial charge in [0.25, 0.3) is 0 Å². The Morgan fingerprint density at radius 3 is 2.15 bits per heavy atom. The summed E-state index contributed by atoms with van der Waals surface area (Å²) in [7, 11) is -1.57. The average Bonchev–Trinajstić information content (AvgIpc) is 2.62. The van der Waals surface area contributed by atoms with Crippen molar-refractivity contribution in [2.24, 2.45) is 0 Å². The standard InChI is InChI=1S/C10H22O2Si/c1-8(9-7-11-9)12-13(5,6)10(2,3)4/h8-9H,7H2,1-6H3/t8-,9?/m0/s1. The largest absolute Gasteiger partial charge is 0.411 e. The highest BCUT2D eigenvalue weighted by Crippen LogP contribution is 2.38. The highest BCUT2D eigenvalue weighted by molar-refractivity contribution is 6.74. The second-order valence-electron chi connectivity index (χ2n) is 5.46. The van der Waals surface area contributed by atoms with Gasteiger partial charge in [0.1, 0.15) is 6.10 Å². The van der Waals surface area contributed by atoms with Crippen molar-refractivity contribution >= 4 is 8.32 Å². The predicted molar refractivity (Wildman–Crippen MR) is 57.5 cm³/mol. The molecule has 0 bridgehead atoms. The molecule has 0 radical (unpaired) electrons. The molecule has 1 heterocycles. The predicted octanol–water partition coefficient (Wildman–Crippen LogP) is 2.80. The third kappa shape index (κ3) is 2.79. The average molecular weight is 202 g/mol. The van der Waals surface area contributed by atoms with Crippen LogP contribution in [-0.4, -0.2) is 27.1 Å². The highest BCUT2D eigenvalue weighted by atomic mass is 28.4. The summed E-state index contributed by atoms with van der Waals surface area (Å²) in [6, 6.07) is 0. The zero-order chi connectivity index (χ0) is 10.3. The van der Waals surface area contributed by atoms with Crippen LogP contribution in [0.2, 0.25) is 18.1 Å². The molecule has 0 amide bonds. The van der Waals surface area contributed by atoms with Crippen LogP contribution in [-0.2, 0) is 9.16 Å². The SMILES string of the molecule is C[C@H](O[Si](C)(C)C(C)(C)C)C1CO1. The molecule has 0 aromatic rings. The monoisotopic (exact) mass is 202 g/mol. The van der Waals surface area contributed by atoms with Gasteiger partial charge in [-0.3, -0.25) is 0 Å². The fourth-order valence-corrected chi connectivity index (χ4v) is 2.48. The lowest BCUT2D eigenvalue weighted by atomic mass is 10.2. The Morgan fingerprint density at radius 2 is 1.85 bits per heavy atom. The first-order valence-corrected chi connectivity index (χ1v) is 7.94. The van der Waals surface area contributed by atoms with Crippen molar-refractivity contribution in [1.29, 1.82) is 0 Å². The van der Waals surface area contributed by atoms with Crippen molar-refractivity contribution in [2.75, 3.05) is 6.61 Å². The molecule has 0 aliphatic carbocycles. The summed E-state index contributed by atoms with van der Waals surface area (Å²) in [6.45, 7) is 14.4. The van der Waals surface area contributed by atoms with Crippen LogP contribution in [0, 0.1) is 0 Å². The number of hydrogen-bond donors (Lipinski definition) is 0. The number of ether oxygens (including phenoxy) is 1. The van der Waals surface area contributed by atoms with E-state index in [1.54, 1.807) is 0 Å². The van der Waals surface area contributed by atoms with E-state index in [-0.39, 0.29) is 6.10 Å². The number of epoxide rings is 1. The summed E-state index contributed by atoms with van der Waals surface area (Å²) >= 11 is 0. The van der Waals surface area contributed by atoms with Crippen molar-refractivity contribution in [3.8, 4) is 0 Å². The van der Waals surface area contributed by atoms with E-state index in [0.29, 0.717) is 11.1 Å². The second-order valence-corrected chi connectivity index (χ2v) is 10.2. The number of hydrogen-bond acceptors (Lipinski definition) is 2. The maximum Gasteiger partial charge on any atom is 0.192 e. The minimum atomic E-state index is -1.57. The maximum atomic E-state index is 6.14. The Morgan fingerprint density at radius 1 is 1.38 bits per heavy atom. The van der Waals surface area contributed by atoms with Gasteiger partial charge >= 0.3 is 0 Å². The van der Waals surface area contributed by atoms with E-state index >= 15 is 0 Å². The van der Waals surface area contributed by atoms with E-state index in [2.05, 4.69) is 40.8 Å². The normalized spacial score (nSPS) is 25.8. The minimum Gasteiger partial charge on any atom is -0.411 e. The molecule has 78 valence electrons. The van der Waals surface area contributed by atoms with Crippen LogP contribution in [0.1, 0.15) is 27.7 Å². The van der Waals surface area contributed by atoms with Gasteiger partial charge in [0.15, 0.2) is 8.32 Å². The summed E-state index contributed by atoms with van der Waals surface area (Å²) in [5, 5.41) is 0.302. The molecule has 1 saturated heterocycles. The third-order valence-electron chi connectivity index (χ3n) is 3.17. The Balaban J connectivity index is 2.49. The fraction of sp³-hybridized carbons (Fsp3) is 1.00. The Hall–Kier alpha value is 0.137. The van der Waals surface area contributed by atoms with Gasteiger partial charge in [-0.1, -0.05) is 20.8 Å². The van der Waals surface area contributed by atoms with Crippen LogP contribution >= 0.6 is 0 Å². The molecule has 3 heteroatoms. The zero-order valence-electron chi connectivity index (χ0n) is 9.68. The van der Waals surface area contributed by atoms with Crippen LogP contribution in [0.3, 0.4) is 0 Å². The van der Waals surface area contributed by atoms with E-state index in [1.165, 1.54) is 0 Å². The van der Waals surface area contributed by atoms with Crippen LogP contribution < -0.4 is 0 Å². The Bertz CT molecular complexity index is 180. The van der Waals surface area contributed by atoms with Crippen molar-refractivity contribution in [2.45, 2.75) is 58.0 Å². The van der Waals surface area contributed by atoms with Crippen LogP contribution in [0.25, 0.3) is 0 Å². The first kappa shape index (κ1) is 11.2. The molecule has 2 nitrogen and oxygen atoms in total. The van der Waals surface area contributed by atoms with Gasteiger partial charge in [-0.05, 0) is 25.1 Å². The third-order valence-corrected chi connectivity index (χ3v) is 7.74. The molecule has 0 N–H and O–H groups in total. The van der Waals surface area contributed by atoms with Crippen molar-refractivity contribution in [3.63, 3.8) is 0 Å². The molecule has 0 aromatic carbocycles. The zero-order valence-corrected chi connectivity index (χ0v) is 10.7. The molecule has 1 fully saturated rings. The first-order chi connectivity index (χ1) is 5.74. The van der Waals surface area contributed by atoms with Gasteiger partial charge in [0.2, 0.25) is 0 Å². The van der Waals surface area contributed by atoms with E-state index in [0.717, 1.165) is 6.61 Å². The van der Waals surface area contributed by atoms with E-state index < -0.39 is 8.32 Å². The van der Waals surface area contributed by atoms with Crippen molar-refractivity contribution in [3.05, 3.63) is 0 Å². The molecule has 1 rings (SSSR count). The van der Waals surface area contributed by atoms with E-state index in [1.807, 2.05) is 0 Å². The van der Waals surface area contributed by atoms with Crippen molar-refractivity contribution in [1.82, 2.24) is 0 Å². The molecule has 2 atom stereocenters. The molecule has 0 saturated carbocycles. The van der Waals surface area contributed by atoms with Gasteiger partial charge in [-0.25, -0.2) is 0 Å². The topological polar surface area (TPSA) is 21.8 Å². The fourth-order valence-electron chi connectivity index (χ4n) is 1.04.